The van der Waals surface area contributed by atoms with Gasteiger partial charge in [0, 0.05) is 15.6 Å². The van der Waals surface area contributed by atoms with E-state index in [0.717, 1.165) is 20.5 Å². The zero-order chi connectivity index (χ0) is 15.8. The number of fused-ring (bicyclic) bond motifs is 1. The largest absolute Gasteiger partial charge is 0.481 e. The lowest BCUT2D eigenvalue weighted by Crippen LogP contribution is -2.01. The number of carboxylic acid groups (broad SMARTS) is 1. The van der Waals surface area contributed by atoms with E-state index >= 15 is 0 Å². The molecule has 0 unspecified atom stereocenters. The first kappa shape index (κ1) is 14.2. The summed E-state index contributed by atoms with van der Waals surface area (Å²) in [6.45, 7) is 0. The Labute approximate surface area is 139 Å². The third-order valence-corrected chi connectivity index (χ3v) is 5.22. The number of carbonyl (C=O) groups is 1. The van der Waals surface area contributed by atoms with Crippen molar-refractivity contribution in [1.82, 2.24) is 4.98 Å². The first-order chi connectivity index (χ1) is 11.2. The van der Waals surface area contributed by atoms with E-state index in [-0.39, 0.29) is 6.42 Å². The van der Waals surface area contributed by atoms with E-state index in [1.54, 1.807) is 11.3 Å². The molecule has 0 aliphatic carbocycles. The number of aliphatic carboxylic acids is 1. The number of thiophene rings is 2. The quantitative estimate of drug-likeness (QED) is 0.573. The van der Waals surface area contributed by atoms with Crippen molar-refractivity contribution in [2.75, 3.05) is 0 Å². The van der Waals surface area contributed by atoms with Gasteiger partial charge in [0.2, 0.25) is 5.89 Å². The second kappa shape index (κ2) is 5.64. The number of rotatable bonds is 4. The summed E-state index contributed by atoms with van der Waals surface area (Å²) in [5.74, 6) is 0.0995. The molecule has 4 rings (SSSR count). The van der Waals surface area contributed by atoms with E-state index in [1.807, 2.05) is 47.2 Å². The molecule has 3 aromatic heterocycles. The Balaban J connectivity index is 1.84. The van der Waals surface area contributed by atoms with E-state index in [9.17, 15) is 4.79 Å². The molecule has 0 amide bonds. The Bertz CT molecular complexity index is 950. The molecule has 23 heavy (non-hydrogen) atoms. The number of oxazole rings is 1. The average molecular weight is 341 g/mol. The van der Waals surface area contributed by atoms with Gasteiger partial charge in [-0.3, -0.25) is 4.79 Å². The van der Waals surface area contributed by atoms with Gasteiger partial charge in [0.25, 0.3) is 0 Å². The fraction of sp³-hybridized carbons (Fsp3) is 0.0588. The minimum Gasteiger partial charge on any atom is -0.481 e. The fourth-order valence-corrected chi connectivity index (χ4v) is 4.05. The Hall–Kier alpha value is -2.44. The molecule has 1 N–H and O–H groups in total. The van der Waals surface area contributed by atoms with Crippen LogP contribution in [0.3, 0.4) is 0 Å². The Kier molecular flexibility index (Phi) is 3.48. The molecular weight excluding hydrogens is 330 g/mol. The third kappa shape index (κ3) is 2.67. The first-order valence-electron chi connectivity index (χ1n) is 6.94. The SMILES string of the molecule is O=C(O)Cc1nc(-c2cc3ccccc3s2)oc1-c1ccsc1. The molecule has 4 nitrogen and oxygen atoms in total. The van der Waals surface area contributed by atoms with Gasteiger partial charge >= 0.3 is 5.97 Å². The topological polar surface area (TPSA) is 63.3 Å². The average Bonchev–Trinajstić information content (AvgIpc) is 3.25. The number of carboxylic acids is 1. The van der Waals surface area contributed by atoms with Crippen molar-refractivity contribution in [2.24, 2.45) is 0 Å². The number of hydrogen-bond donors (Lipinski definition) is 1. The van der Waals surface area contributed by atoms with Crippen molar-refractivity contribution >= 4 is 38.7 Å². The van der Waals surface area contributed by atoms with E-state index in [0.29, 0.717) is 17.3 Å². The van der Waals surface area contributed by atoms with Crippen LogP contribution in [0.5, 0.6) is 0 Å². The molecule has 0 aliphatic rings. The van der Waals surface area contributed by atoms with Crippen molar-refractivity contribution in [2.45, 2.75) is 6.42 Å². The number of hydrogen-bond acceptors (Lipinski definition) is 5. The predicted octanol–water partition coefficient (Wildman–Crippen LogP) is 4.91. The van der Waals surface area contributed by atoms with Gasteiger partial charge < -0.3 is 9.52 Å². The van der Waals surface area contributed by atoms with E-state index in [1.165, 1.54) is 11.3 Å². The van der Waals surface area contributed by atoms with Crippen LogP contribution >= 0.6 is 22.7 Å². The molecule has 0 fully saturated rings. The van der Waals surface area contributed by atoms with E-state index in [2.05, 4.69) is 4.98 Å². The van der Waals surface area contributed by atoms with E-state index < -0.39 is 5.97 Å². The van der Waals surface area contributed by atoms with Gasteiger partial charge in [-0.15, -0.1) is 11.3 Å². The van der Waals surface area contributed by atoms with Gasteiger partial charge in [-0.2, -0.15) is 11.3 Å². The summed E-state index contributed by atoms with van der Waals surface area (Å²) in [5.41, 5.74) is 1.33. The normalized spacial score (nSPS) is 11.1. The Morgan fingerprint density at radius 2 is 2.13 bits per heavy atom. The zero-order valence-corrected chi connectivity index (χ0v) is 13.5. The molecule has 1 aromatic carbocycles. The lowest BCUT2D eigenvalue weighted by molar-refractivity contribution is -0.136. The molecule has 114 valence electrons. The number of benzene rings is 1. The van der Waals surface area contributed by atoms with Crippen LogP contribution in [0, 0.1) is 0 Å². The zero-order valence-electron chi connectivity index (χ0n) is 11.9. The summed E-state index contributed by atoms with van der Waals surface area (Å²) in [5, 5.41) is 14.1. The maximum Gasteiger partial charge on any atom is 0.309 e. The highest BCUT2D eigenvalue weighted by Gasteiger charge is 2.20. The number of aromatic nitrogens is 1. The summed E-state index contributed by atoms with van der Waals surface area (Å²) >= 11 is 3.13. The van der Waals surface area contributed by atoms with Crippen molar-refractivity contribution in [3.63, 3.8) is 0 Å². The van der Waals surface area contributed by atoms with Crippen molar-refractivity contribution in [1.29, 1.82) is 0 Å². The van der Waals surface area contributed by atoms with Crippen LogP contribution in [0.15, 0.2) is 51.6 Å². The standard InChI is InChI=1S/C17H11NO3S2/c19-15(20)8-12-16(11-5-6-22-9-11)21-17(18-12)14-7-10-3-1-2-4-13(10)23-14/h1-7,9H,8H2,(H,19,20). The van der Waals surface area contributed by atoms with Crippen LogP contribution in [0.4, 0.5) is 0 Å². The van der Waals surface area contributed by atoms with Gasteiger partial charge in [0.1, 0.15) is 0 Å². The van der Waals surface area contributed by atoms with Crippen LogP contribution in [-0.2, 0) is 11.2 Å². The Morgan fingerprint density at radius 1 is 1.26 bits per heavy atom. The Morgan fingerprint density at radius 3 is 2.87 bits per heavy atom. The van der Waals surface area contributed by atoms with Crippen LogP contribution in [0.1, 0.15) is 5.69 Å². The first-order valence-corrected chi connectivity index (χ1v) is 8.69. The summed E-state index contributed by atoms with van der Waals surface area (Å²) in [4.78, 5) is 16.4. The summed E-state index contributed by atoms with van der Waals surface area (Å²) < 4.78 is 7.07. The molecule has 0 saturated heterocycles. The monoisotopic (exact) mass is 341 g/mol. The van der Waals surface area contributed by atoms with Crippen LogP contribution < -0.4 is 0 Å². The van der Waals surface area contributed by atoms with Crippen molar-refractivity contribution < 1.29 is 14.3 Å². The van der Waals surface area contributed by atoms with E-state index in [4.69, 9.17) is 9.52 Å². The smallest absolute Gasteiger partial charge is 0.309 e. The van der Waals surface area contributed by atoms with Gasteiger partial charge in [-0.05, 0) is 29.0 Å². The van der Waals surface area contributed by atoms with Crippen LogP contribution in [0.2, 0.25) is 0 Å². The van der Waals surface area contributed by atoms with Crippen molar-refractivity contribution in [3.05, 3.63) is 52.9 Å². The molecule has 6 heteroatoms. The highest BCUT2D eigenvalue weighted by Crippen LogP contribution is 2.36. The van der Waals surface area contributed by atoms with Crippen LogP contribution in [0.25, 0.3) is 32.2 Å². The second-order valence-corrected chi connectivity index (χ2v) is 6.89. The fourth-order valence-electron chi connectivity index (χ4n) is 2.43. The summed E-state index contributed by atoms with van der Waals surface area (Å²) in [6.07, 6.45) is -0.153. The lowest BCUT2D eigenvalue weighted by atomic mass is 10.2. The maximum atomic E-state index is 11.1. The minimum atomic E-state index is -0.919. The van der Waals surface area contributed by atoms with Gasteiger partial charge in [0.05, 0.1) is 17.0 Å². The molecular formula is C17H11NO3S2. The third-order valence-electron chi connectivity index (χ3n) is 3.44. The molecule has 0 radical (unpaired) electrons. The number of nitrogens with zero attached hydrogens (tertiary/aromatic N) is 1. The second-order valence-electron chi connectivity index (χ2n) is 5.03. The van der Waals surface area contributed by atoms with Gasteiger partial charge in [0.15, 0.2) is 5.76 Å². The molecule has 0 bridgehead atoms. The lowest BCUT2D eigenvalue weighted by Gasteiger charge is -1.94. The highest BCUT2D eigenvalue weighted by atomic mass is 32.1. The molecule has 0 atom stereocenters. The minimum absolute atomic E-state index is 0.153. The summed E-state index contributed by atoms with van der Waals surface area (Å²) in [6, 6.07) is 12.0. The molecule has 0 spiro atoms. The van der Waals surface area contributed by atoms with Crippen molar-refractivity contribution in [3.8, 4) is 22.1 Å². The van der Waals surface area contributed by atoms with Gasteiger partial charge in [-0.25, -0.2) is 4.98 Å². The highest BCUT2D eigenvalue weighted by molar-refractivity contribution is 7.22. The molecule has 0 aliphatic heterocycles. The molecule has 3 heterocycles. The maximum absolute atomic E-state index is 11.1. The predicted molar refractivity (Wildman–Crippen MR) is 92.0 cm³/mol. The van der Waals surface area contributed by atoms with Crippen LogP contribution in [-0.4, -0.2) is 16.1 Å². The molecule has 0 saturated carbocycles. The summed E-state index contributed by atoms with van der Waals surface area (Å²) in [7, 11) is 0. The van der Waals surface area contributed by atoms with Gasteiger partial charge in [-0.1, -0.05) is 18.2 Å². The molecule has 4 aromatic rings.